The highest BCUT2D eigenvalue weighted by atomic mass is 32.2. The van der Waals surface area contributed by atoms with Crippen LogP contribution in [0.1, 0.15) is 0 Å². The minimum Gasteiger partial charge on any atom is -0.506 e. The van der Waals surface area contributed by atoms with Crippen molar-refractivity contribution in [2.75, 3.05) is 11.5 Å². The summed E-state index contributed by atoms with van der Waals surface area (Å²) in [5.74, 6) is -0.440. The normalized spacial score (nSPS) is 11.4. The molecular weight excluding hydrogens is 364 g/mol. The summed E-state index contributed by atoms with van der Waals surface area (Å²) in [4.78, 5) is -0.671. The number of nitrogen functional groups attached to an aromatic ring is 2. The van der Waals surface area contributed by atoms with Crippen LogP contribution in [0.5, 0.6) is 11.5 Å². The molecular formula is C12H14N2O8S2. The predicted molar refractivity (Wildman–Crippen MR) is 84.7 cm³/mol. The average molecular weight is 378 g/mol. The van der Waals surface area contributed by atoms with E-state index in [1.165, 1.54) is 0 Å². The van der Waals surface area contributed by atoms with Gasteiger partial charge in [-0.3, -0.25) is 9.11 Å². The Morgan fingerprint density at radius 3 is 1.17 bits per heavy atom. The first kappa shape index (κ1) is 19.5. The Bertz CT molecular complexity index is 876. The summed E-state index contributed by atoms with van der Waals surface area (Å²) in [7, 11) is -8.47. The van der Waals surface area contributed by atoms with Crippen molar-refractivity contribution in [3.05, 3.63) is 36.4 Å². The molecule has 24 heavy (non-hydrogen) atoms. The number of aromatic hydroxyl groups is 2. The van der Waals surface area contributed by atoms with E-state index in [0.29, 0.717) is 0 Å². The molecule has 0 fully saturated rings. The SMILES string of the molecule is Nc1cc(S(=O)(=O)O)ccc1O.Nc1cc(S(=O)(=O)O)ccc1O. The standard InChI is InChI=1S/2C6H7NO4S/c2*7-5-3-4(12(9,10)11)1-2-6(5)8/h2*1-3,8H,7H2,(H,9,10,11). The van der Waals surface area contributed by atoms with Crippen LogP contribution in [0.25, 0.3) is 0 Å². The third-order valence-corrected chi connectivity index (χ3v) is 4.29. The lowest BCUT2D eigenvalue weighted by Gasteiger charge is -2.00. The maximum atomic E-state index is 10.5. The Morgan fingerprint density at radius 2 is 0.958 bits per heavy atom. The van der Waals surface area contributed by atoms with Crippen LogP contribution < -0.4 is 11.5 Å². The van der Waals surface area contributed by atoms with Crippen molar-refractivity contribution in [1.82, 2.24) is 0 Å². The number of hydrogen-bond donors (Lipinski definition) is 6. The second-order valence-corrected chi connectivity index (χ2v) is 7.23. The number of phenols is 2. The first-order valence-corrected chi connectivity index (χ1v) is 8.82. The second-order valence-electron chi connectivity index (χ2n) is 4.39. The molecule has 0 spiro atoms. The third kappa shape index (κ3) is 5.27. The summed E-state index contributed by atoms with van der Waals surface area (Å²) < 4.78 is 59.1. The van der Waals surface area contributed by atoms with E-state index in [2.05, 4.69) is 0 Å². The molecule has 0 aliphatic heterocycles. The van der Waals surface area contributed by atoms with Crippen LogP contribution >= 0.6 is 0 Å². The average Bonchev–Trinajstić information content (AvgIpc) is 2.43. The molecule has 0 saturated heterocycles. The Balaban J connectivity index is 0.000000240. The quantitative estimate of drug-likeness (QED) is 0.242. The van der Waals surface area contributed by atoms with Gasteiger partial charge in [0.2, 0.25) is 0 Å². The van der Waals surface area contributed by atoms with E-state index < -0.39 is 20.2 Å². The van der Waals surface area contributed by atoms with Gasteiger partial charge >= 0.3 is 0 Å². The van der Waals surface area contributed by atoms with Crippen LogP contribution in [0.15, 0.2) is 46.2 Å². The van der Waals surface area contributed by atoms with Gasteiger partial charge in [-0.15, -0.1) is 0 Å². The molecule has 12 heteroatoms. The van der Waals surface area contributed by atoms with Crippen molar-refractivity contribution in [3.63, 3.8) is 0 Å². The maximum Gasteiger partial charge on any atom is 0.294 e. The molecule has 0 bridgehead atoms. The highest BCUT2D eigenvalue weighted by Crippen LogP contribution is 2.23. The number of benzene rings is 2. The summed E-state index contributed by atoms with van der Waals surface area (Å²) in [5, 5.41) is 17.8. The molecule has 10 nitrogen and oxygen atoms in total. The van der Waals surface area contributed by atoms with E-state index >= 15 is 0 Å². The lowest BCUT2D eigenvalue weighted by atomic mass is 10.3. The van der Waals surface area contributed by atoms with Gasteiger partial charge in [0.05, 0.1) is 21.2 Å². The summed E-state index contributed by atoms with van der Waals surface area (Å²) in [6, 6.07) is 6.26. The Morgan fingerprint density at radius 1 is 0.667 bits per heavy atom. The van der Waals surface area contributed by atoms with Gasteiger partial charge in [-0.2, -0.15) is 16.8 Å². The minimum absolute atomic E-state index is 0.0925. The first-order valence-electron chi connectivity index (χ1n) is 5.94. The van der Waals surface area contributed by atoms with E-state index in [1.807, 2.05) is 0 Å². The molecule has 8 N–H and O–H groups in total. The largest absolute Gasteiger partial charge is 0.506 e. The third-order valence-electron chi connectivity index (χ3n) is 2.59. The highest BCUT2D eigenvalue weighted by molar-refractivity contribution is 7.86. The molecule has 0 aliphatic carbocycles. The lowest BCUT2D eigenvalue weighted by molar-refractivity contribution is 0.473. The number of nitrogens with two attached hydrogens (primary N) is 2. The van der Waals surface area contributed by atoms with Gasteiger partial charge in [-0.1, -0.05) is 0 Å². The Hall–Kier alpha value is -2.54. The van der Waals surface area contributed by atoms with E-state index in [9.17, 15) is 16.8 Å². The molecule has 2 rings (SSSR count). The number of anilines is 2. The maximum absolute atomic E-state index is 10.5. The van der Waals surface area contributed by atoms with Crippen molar-refractivity contribution in [2.45, 2.75) is 9.79 Å². The molecule has 0 amide bonds. The summed E-state index contributed by atoms with van der Waals surface area (Å²) in [5.41, 5.74) is 10.2. The zero-order chi connectivity index (χ0) is 18.7. The van der Waals surface area contributed by atoms with E-state index in [1.54, 1.807) is 0 Å². The van der Waals surface area contributed by atoms with Crippen LogP contribution in [0.4, 0.5) is 11.4 Å². The monoisotopic (exact) mass is 378 g/mol. The molecule has 2 aromatic carbocycles. The van der Waals surface area contributed by atoms with Gasteiger partial charge < -0.3 is 21.7 Å². The molecule has 0 aromatic heterocycles. The lowest BCUT2D eigenvalue weighted by Crippen LogP contribution is -1.98. The van der Waals surface area contributed by atoms with Crippen molar-refractivity contribution in [1.29, 1.82) is 0 Å². The number of rotatable bonds is 2. The van der Waals surface area contributed by atoms with Crippen molar-refractivity contribution in [3.8, 4) is 11.5 Å². The summed E-state index contributed by atoms with van der Waals surface area (Å²) >= 11 is 0. The van der Waals surface area contributed by atoms with Crippen LogP contribution in [0, 0.1) is 0 Å². The molecule has 0 aliphatic rings. The summed E-state index contributed by atoms with van der Waals surface area (Å²) in [6.45, 7) is 0. The molecule has 0 heterocycles. The van der Waals surface area contributed by atoms with Gasteiger partial charge in [0.1, 0.15) is 11.5 Å². The molecule has 0 saturated carbocycles. The molecule has 0 unspecified atom stereocenters. The van der Waals surface area contributed by atoms with Crippen LogP contribution in [0.2, 0.25) is 0 Å². The van der Waals surface area contributed by atoms with Crippen LogP contribution in [-0.4, -0.2) is 36.2 Å². The van der Waals surface area contributed by atoms with E-state index in [0.717, 1.165) is 36.4 Å². The zero-order valence-corrected chi connectivity index (χ0v) is 13.5. The van der Waals surface area contributed by atoms with Gasteiger partial charge in [0.15, 0.2) is 0 Å². The fraction of sp³-hybridized carbons (Fsp3) is 0. The number of hydrogen-bond acceptors (Lipinski definition) is 8. The number of phenolic OH excluding ortho intramolecular Hbond substituents is 2. The van der Waals surface area contributed by atoms with Gasteiger partial charge in [0, 0.05) is 0 Å². The van der Waals surface area contributed by atoms with E-state index in [-0.39, 0.29) is 32.7 Å². The Labute approximate surface area is 137 Å². The van der Waals surface area contributed by atoms with Gasteiger partial charge in [-0.25, -0.2) is 0 Å². The van der Waals surface area contributed by atoms with Gasteiger partial charge in [0.25, 0.3) is 20.2 Å². The summed E-state index contributed by atoms with van der Waals surface area (Å²) in [6.07, 6.45) is 0. The predicted octanol–water partition coefficient (Wildman–Crippen LogP) is 0.442. The highest BCUT2D eigenvalue weighted by Gasteiger charge is 2.11. The fourth-order valence-electron chi connectivity index (χ4n) is 1.39. The molecule has 2 aromatic rings. The van der Waals surface area contributed by atoms with Crippen molar-refractivity contribution in [2.24, 2.45) is 0 Å². The second kappa shape index (κ2) is 6.92. The smallest absolute Gasteiger partial charge is 0.294 e. The topological polar surface area (TPSA) is 201 Å². The fourth-order valence-corrected chi connectivity index (χ4v) is 2.42. The van der Waals surface area contributed by atoms with Crippen molar-refractivity contribution >= 4 is 31.6 Å². The van der Waals surface area contributed by atoms with Gasteiger partial charge in [-0.05, 0) is 36.4 Å². The first-order chi connectivity index (χ1) is 10.8. The van der Waals surface area contributed by atoms with Crippen LogP contribution in [0.3, 0.4) is 0 Å². The zero-order valence-electron chi connectivity index (χ0n) is 11.9. The molecule has 0 radical (unpaired) electrons. The Kier molecular flexibility index (Phi) is 5.62. The molecule has 0 atom stereocenters. The van der Waals surface area contributed by atoms with Crippen LogP contribution in [-0.2, 0) is 20.2 Å². The van der Waals surface area contributed by atoms with E-state index in [4.69, 9.17) is 30.8 Å². The molecule has 132 valence electrons. The minimum atomic E-state index is -4.23. The van der Waals surface area contributed by atoms with Crippen molar-refractivity contribution < 1.29 is 36.2 Å².